The summed E-state index contributed by atoms with van der Waals surface area (Å²) in [5.41, 5.74) is 7.57. The number of thioether (sulfide) groups is 1. The Kier molecular flexibility index (Phi) is 3.99. The third-order valence-electron chi connectivity index (χ3n) is 2.94. The molecule has 1 fully saturated rings. The van der Waals surface area contributed by atoms with Gasteiger partial charge >= 0.3 is 0 Å². The van der Waals surface area contributed by atoms with Gasteiger partial charge in [0.15, 0.2) is 0 Å². The minimum absolute atomic E-state index is 0.123. The number of nitrogens with zero attached hydrogens (tertiary/aromatic N) is 1. The van der Waals surface area contributed by atoms with Crippen molar-refractivity contribution >= 4 is 39.2 Å². The van der Waals surface area contributed by atoms with Crippen molar-refractivity contribution in [2.45, 2.75) is 13.0 Å². The number of nitrogens with one attached hydrogen (secondary N) is 1. The molecule has 0 saturated carbocycles. The lowest BCUT2D eigenvalue weighted by atomic mass is 10.1. The fraction of sp³-hybridized carbons (Fsp3) is 0.417. The van der Waals surface area contributed by atoms with Crippen molar-refractivity contribution in [3.63, 3.8) is 0 Å². The molecule has 1 saturated heterocycles. The molecule has 5 heteroatoms. The first-order valence-electron chi connectivity index (χ1n) is 5.58. The van der Waals surface area contributed by atoms with Crippen molar-refractivity contribution in [1.82, 2.24) is 0 Å². The molecule has 3 nitrogen and oxygen atoms in total. The van der Waals surface area contributed by atoms with E-state index in [1.807, 2.05) is 30.0 Å². The molecule has 0 bridgehead atoms. The molecule has 2 rings (SSSR count). The highest BCUT2D eigenvalue weighted by molar-refractivity contribution is 9.10. The van der Waals surface area contributed by atoms with E-state index in [0.717, 1.165) is 33.8 Å². The van der Waals surface area contributed by atoms with Crippen LogP contribution in [0.15, 0.2) is 22.7 Å². The van der Waals surface area contributed by atoms with Crippen LogP contribution in [0.4, 0.5) is 5.69 Å². The quantitative estimate of drug-likeness (QED) is 0.652. The van der Waals surface area contributed by atoms with Crippen LogP contribution >= 0.6 is 27.7 Å². The van der Waals surface area contributed by atoms with Crippen molar-refractivity contribution in [2.24, 2.45) is 5.73 Å². The molecule has 0 aromatic heterocycles. The van der Waals surface area contributed by atoms with Gasteiger partial charge in [-0.15, -0.1) is 0 Å². The first-order valence-corrected chi connectivity index (χ1v) is 7.53. The van der Waals surface area contributed by atoms with Gasteiger partial charge in [-0.25, -0.2) is 0 Å². The fourth-order valence-corrected chi connectivity index (χ4v) is 3.69. The lowest BCUT2D eigenvalue weighted by Crippen LogP contribution is -2.41. The predicted octanol–water partition coefficient (Wildman–Crippen LogP) is 2.67. The Hall–Kier alpha value is -0.680. The molecule has 92 valence electrons. The van der Waals surface area contributed by atoms with Gasteiger partial charge in [-0.1, -0.05) is 6.07 Å². The van der Waals surface area contributed by atoms with Crippen molar-refractivity contribution in [1.29, 1.82) is 5.41 Å². The summed E-state index contributed by atoms with van der Waals surface area (Å²) in [5.74, 6) is 2.39. The van der Waals surface area contributed by atoms with Gasteiger partial charge in [-0.3, -0.25) is 5.41 Å². The van der Waals surface area contributed by atoms with Crippen molar-refractivity contribution in [3.05, 3.63) is 28.2 Å². The van der Waals surface area contributed by atoms with Crippen LogP contribution in [0.1, 0.15) is 12.5 Å². The number of anilines is 1. The molecular weight excluding hydrogens is 298 g/mol. The summed E-state index contributed by atoms with van der Waals surface area (Å²) in [6, 6.07) is 6.47. The van der Waals surface area contributed by atoms with Crippen LogP contribution in [0.25, 0.3) is 0 Å². The van der Waals surface area contributed by atoms with Crippen molar-refractivity contribution < 1.29 is 0 Å². The van der Waals surface area contributed by atoms with Crippen molar-refractivity contribution in [3.8, 4) is 0 Å². The number of halogens is 1. The van der Waals surface area contributed by atoms with E-state index in [4.69, 9.17) is 11.1 Å². The van der Waals surface area contributed by atoms with Crippen LogP contribution < -0.4 is 10.6 Å². The third-order valence-corrected chi connectivity index (χ3v) is 4.79. The summed E-state index contributed by atoms with van der Waals surface area (Å²) in [7, 11) is 0. The van der Waals surface area contributed by atoms with Gasteiger partial charge in [0.1, 0.15) is 5.84 Å². The second-order valence-electron chi connectivity index (χ2n) is 4.16. The number of benzene rings is 1. The molecule has 1 aliphatic rings. The maximum atomic E-state index is 7.72. The van der Waals surface area contributed by atoms with E-state index in [9.17, 15) is 0 Å². The minimum atomic E-state index is 0.123. The Morgan fingerprint density at radius 2 is 2.35 bits per heavy atom. The average Bonchev–Trinajstić information content (AvgIpc) is 2.28. The van der Waals surface area contributed by atoms with Gasteiger partial charge in [0.05, 0.1) is 5.56 Å². The van der Waals surface area contributed by atoms with E-state index in [2.05, 4.69) is 27.8 Å². The molecule has 0 amide bonds. The Bertz CT molecular complexity index is 436. The molecule has 1 aromatic carbocycles. The highest BCUT2D eigenvalue weighted by Crippen LogP contribution is 2.31. The summed E-state index contributed by atoms with van der Waals surface area (Å²) < 4.78 is 0.896. The summed E-state index contributed by atoms with van der Waals surface area (Å²) in [6.07, 6.45) is 0. The highest BCUT2D eigenvalue weighted by atomic mass is 79.9. The van der Waals surface area contributed by atoms with E-state index in [0.29, 0.717) is 6.04 Å². The molecule has 17 heavy (non-hydrogen) atoms. The Labute approximate surface area is 114 Å². The van der Waals surface area contributed by atoms with Crippen LogP contribution in [0, 0.1) is 5.41 Å². The van der Waals surface area contributed by atoms with Crippen LogP contribution in [0.5, 0.6) is 0 Å². The summed E-state index contributed by atoms with van der Waals surface area (Å²) in [6.45, 7) is 3.24. The van der Waals surface area contributed by atoms with E-state index >= 15 is 0 Å². The van der Waals surface area contributed by atoms with Crippen LogP contribution in [0.3, 0.4) is 0 Å². The zero-order chi connectivity index (χ0) is 12.4. The molecule has 1 atom stereocenters. The maximum absolute atomic E-state index is 7.72. The molecule has 0 aliphatic carbocycles. The van der Waals surface area contributed by atoms with E-state index in [-0.39, 0.29) is 5.84 Å². The molecule has 0 spiro atoms. The largest absolute Gasteiger partial charge is 0.384 e. The van der Waals surface area contributed by atoms with Gasteiger partial charge in [0.25, 0.3) is 0 Å². The first-order chi connectivity index (χ1) is 8.11. The molecule has 0 radical (unpaired) electrons. The number of amidine groups is 1. The number of hydrogen-bond donors (Lipinski definition) is 2. The molecule has 1 heterocycles. The van der Waals surface area contributed by atoms with Crippen molar-refractivity contribution in [2.75, 3.05) is 23.0 Å². The highest BCUT2D eigenvalue weighted by Gasteiger charge is 2.22. The molecule has 1 aromatic rings. The minimum Gasteiger partial charge on any atom is -0.384 e. The van der Waals surface area contributed by atoms with Crippen LogP contribution in [-0.4, -0.2) is 29.9 Å². The fourth-order valence-electron chi connectivity index (χ4n) is 2.10. The van der Waals surface area contributed by atoms with E-state index in [1.165, 1.54) is 0 Å². The van der Waals surface area contributed by atoms with Gasteiger partial charge < -0.3 is 10.6 Å². The van der Waals surface area contributed by atoms with Gasteiger partial charge in [0, 0.05) is 34.3 Å². The number of rotatable bonds is 2. The third kappa shape index (κ3) is 2.60. The Morgan fingerprint density at radius 3 is 3.00 bits per heavy atom. The normalized spacial score (nSPS) is 20.4. The van der Waals surface area contributed by atoms with Gasteiger partial charge in [-0.2, -0.15) is 11.8 Å². The van der Waals surface area contributed by atoms with Crippen LogP contribution in [-0.2, 0) is 0 Å². The summed E-state index contributed by atoms with van der Waals surface area (Å²) in [5, 5.41) is 7.72. The monoisotopic (exact) mass is 313 g/mol. The predicted molar refractivity (Wildman–Crippen MR) is 79.3 cm³/mol. The first kappa shape index (κ1) is 12.8. The summed E-state index contributed by atoms with van der Waals surface area (Å²) in [4.78, 5) is 2.35. The smallest absolute Gasteiger partial charge is 0.126 e. The molecular formula is C12H16BrN3S. The second kappa shape index (κ2) is 5.31. The lowest BCUT2D eigenvalue weighted by molar-refractivity contribution is 0.699. The topological polar surface area (TPSA) is 53.1 Å². The van der Waals surface area contributed by atoms with E-state index in [1.54, 1.807) is 0 Å². The molecule has 3 N–H and O–H groups in total. The van der Waals surface area contributed by atoms with Crippen LogP contribution in [0.2, 0.25) is 0 Å². The molecule has 1 unspecified atom stereocenters. The van der Waals surface area contributed by atoms with E-state index < -0.39 is 0 Å². The maximum Gasteiger partial charge on any atom is 0.126 e. The SMILES string of the molecule is CC1CSCCN1c1cccc(Br)c1C(=N)N. The number of nitrogen functional groups attached to an aromatic ring is 1. The van der Waals surface area contributed by atoms with Gasteiger partial charge in [0.2, 0.25) is 0 Å². The average molecular weight is 314 g/mol. The Balaban J connectivity index is 2.43. The Morgan fingerprint density at radius 1 is 1.59 bits per heavy atom. The zero-order valence-corrected chi connectivity index (χ0v) is 12.1. The second-order valence-corrected chi connectivity index (χ2v) is 6.17. The number of nitrogens with two attached hydrogens (primary N) is 1. The zero-order valence-electron chi connectivity index (χ0n) is 9.74. The molecule has 1 aliphatic heterocycles. The van der Waals surface area contributed by atoms with Gasteiger partial charge in [-0.05, 0) is 35.0 Å². The lowest BCUT2D eigenvalue weighted by Gasteiger charge is -2.36. The summed E-state index contributed by atoms with van der Waals surface area (Å²) >= 11 is 5.46. The number of hydrogen-bond acceptors (Lipinski definition) is 3. The standard InChI is InChI=1S/C12H16BrN3S/c1-8-7-17-6-5-16(8)10-4-2-3-9(13)11(10)12(14)15/h2-4,8H,5-7H2,1H3,(H3,14,15).